The summed E-state index contributed by atoms with van der Waals surface area (Å²) in [5.74, 6) is -3.06. The van der Waals surface area contributed by atoms with E-state index in [2.05, 4.69) is 5.32 Å². The van der Waals surface area contributed by atoms with E-state index in [0.29, 0.717) is 5.75 Å². The smallest absolute Gasteiger partial charge is 0.277 e. The SMILES string of the molecule is COc1cc(OC)c(C(=O)NCC(F)(F)CN)cc1OC.Cl. The number of carbonyl (C=O) groups is 1. The van der Waals surface area contributed by atoms with Gasteiger partial charge in [-0.25, -0.2) is 8.78 Å². The average molecular weight is 341 g/mol. The molecule has 9 heteroatoms. The first-order valence-corrected chi connectivity index (χ1v) is 6.04. The van der Waals surface area contributed by atoms with Gasteiger partial charge in [0.1, 0.15) is 5.75 Å². The Morgan fingerprint density at radius 3 is 2.09 bits per heavy atom. The van der Waals surface area contributed by atoms with Crippen molar-refractivity contribution in [1.82, 2.24) is 5.32 Å². The van der Waals surface area contributed by atoms with Crippen LogP contribution in [0.5, 0.6) is 17.2 Å². The minimum absolute atomic E-state index is 0. The summed E-state index contributed by atoms with van der Waals surface area (Å²) < 4.78 is 41.3. The van der Waals surface area contributed by atoms with Crippen molar-refractivity contribution in [2.75, 3.05) is 34.4 Å². The second-order valence-electron chi connectivity index (χ2n) is 4.15. The highest BCUT2D eigenvalue weighted by Gasteiger charge is 2.28. The zero-order chi connectivity index (χ0) is 16.0. The molecular weight excluding hydrogens is 322 g/mol. The van der Waals surface area contributed by atoms with E-state index >= 15 is 0 Å². The maximum absolute atomic E-state index is 13.1. The van der Waals surface area contributed by atoms with Gasteiger partial charge in [-0.1, -0.05) is 0 Å². The van der Waals surface area contributed by atoms with E-state index in [-0.39, 0.29) is 29.5 Å². The Bertz CT molecular complexity index is 515. The first-order chi connectivity index (χ1) is 9.88. The van der Waals surface area contributed by atoms with Gasteiger partial charge in [-0.3, -0.25) is 4.79 Å². The lowest BCUT2D eigenvalue weighted by Crippen LogP contribution is -2.41. The first-order valence-electron chi connectivity index (χ1n) is 6.04. The molecule has 126 valence electrons. The summed E-state index contributed by atoms with van der Waals surface area (Å²) >= 11 is 0. The van der Waals surface area contributed by atoms with E-state index in [4.69, 9.17) is 19.9 Å². The van der Waals surface area contributed by atoms with Crippen LogP contribution in [0.2, 0.25) is 0 Å². The largest absolute Gasteiger partial charge is 0.496 e. The van der Waals surface area contributed by atoms with Gasteiger partial charge in [0.05, 0.1) is 40.0 Å². The first kappa shape index (κ1) is 20.2. The third kappa shape index (κ3) is 4.88. The van der Waals surface area contributed by atoms with Crippen molar-refractivity contribution in [2.45, 2.75) is 5.92 Å². The van der Waals surface area contributed by atoms with E-state index in [0.717, 1.165) is 0 Å². The van der Waals surface area contributed by atoms with E-state index in [1.807, 2.05) is 0 Å². The van der Waals surface area contributed by atoms with Crippen molar-refractivity contribution in [2.24, 2.45) is 5.73 Å². The van der Waals surface area contributed by atoms with Crippen LogP contribution >= 0.6 is 12.4 Å². The predicted octanol–water partition coefficient (Wildman–Crippen LogP) is 1.46. The number of nitrogens with one attached hydrogen (secondary N) is 1. The minimum atomic E-state index is -3.17. The van der Waals surface area contributed by atoms with Gasteiger partial charge in [0.15, 0.2) is 11.5 Å². The van der Waals surface area contributed by atoms with Gasteiger partial charge in [0, 0.05) is 12.1 Å². The molecule has 0 unspecified atom stereocenters. The molecule has 0 aromatic heterocycles. The second-order valence-corrected chi connectivity index (χ2v) is 4.15. The highest BCUT2D eigenvalue weighted by molar-refractivity contribution is 5.97. The topological polar surface area (TPSA) is 82.8 Å². The van der Waals surface area contributed by atoms with Crippen LogP contribution in [0.4, 0.5) is 8.78 Å². The number of rotatable bonds is 7. The molecule has 1 amide bonds. The molecule has 0 saturated heterocycles. The van der Waals surface area contributed by atoms with Crippen LogP contribution < -0.4 is 25.3 Å². The molecular formula is C13H19ClF2N2O4. The van der Waals surface area contributed by atoms with Crippen LogP contribution in [0.25, 0.3) is 0 Å². The zero-order valence-electron chi connectivity index (χ0n) is 12.4. The van der Waals surface area contributed by atoms with E-state index < -0.39 is 24.9 Å². The molecule has 0 aliphatic rings. The third-order valence-electron chi connectivity index (χ3n) is 2.76. The fourth-order valence-corrected chi connectivity index (χ4v) is 1.58. The predicted molar refractivity (Wildman–Crippen MR) is 79.7 cm³/mol. The third-order valence-corrected chi connectivity index (χ3v) is 2.76. The Morgan fingerprint density at radius 1 is 1.14 bits per heavy atom. The van der Waals surface area contributed by atoms with Crippen molar-refractivity contribution in [1.29, 1.82) is 0 Å². The average Bonchev–Trinajstić information content (AvgIpc) is 2.51. The number of benzene rings is 1. The lowest BCUT2D eigenvalue weighted by molar-refractivity contribution is 0.0118. The van der Waals surface area contributed by atoms with Crippen molar-refractivity contribution < 1.29 is 27.8 Å². The van der Waals surface area contributed by atoms with E-state index in [1.165, 1.54) is 33.5 Å². The number of carbonyl (C=O) groups excluding carboxylic acids is 1. The molecule has 0 spiro atoms. The summed E-state index contributed by atoms with van der Waals surface area (Å²) in [4.78, 5) is 12.0. The van der Waals surface area contributed by atoms with Crippen LogP contribution in [0.1, 0.15) is 10.4 Å². The number of methoxy groups -OCH3 is 3. The Morgan fingerprint density at radius 2 is 1.64 bits per heavy atom. The lowest BCUT2D eigenvalue weighted by atomic mass is 10.1. The number of hydrogen-bond donors (Lipinski definition) is 2. The van der Waals surface area contributed by atoms with Crippen LogP contribution in [0, 0.1) is 0 Å². The normalized spacial score (nSPS) is 10.5. The van der Waals surface area contributed by atoms with Gasteiger partial charge < -0.3 is 25.3 Å². The molecule has 0 fully saturated rings. The zero-order valence-corrected chi connectivity index (χ0v) is 13.3. The van der Waals surface area contributed by atoms with Crippen molar-refractivity contribution >= 4 is 18.3 Å². The van der Waals surface area contributed by atoms with Gasteiger partial charge in [-0.05, 0) is 0 Å². The lowest BCUT2D eigenvalue weighted by Gasteiger charge is -2.17. The molecule has 1 rings (SSSR count). The molecule has 3 N–H and O–H groups in total. The Kier molecular flexibility index (Phi) is 7.89. The molecule has 1 aromatic carbocycles. The quantitative estimate of drug-likeness (QED) is 0.785. The van der Waals surface area contributed by atoms with Crippen LogP contribution in [0.15, 0.2) is 12.1 Å². The van der Waals surface area contributed by atoms with Crippen LogP contribution in [-0.4, -0.2) is 46.2 Å². The summed E-state index contributed by atoms with van der Waals surface area (Å²) in [6.45, 7) is -1.71. The maximum Gasteiger partial charge on any atom is 0.277 e. The summed E-state index contributed by atoms with van der Waals surface area (Å²) in [5.41, 5.74) is 4.97. The van der Waals surface area contributed by atoms with Crippen LogP contribution in [0.3, 0.4) is 0 Å². The van der Waals surface area contributed by atoms with Crippen LogP contribution in [-0.2, 0) is 0 Å². The van der Waals surface area contributed by atoms with E-state index in [9.17, 15) is 13.6 Å². The number of nitrogens with two attached hydrogens (primary N) is 1. The fourth-order valence-electron chi connectivity index (χ4n) is 1.58. The molecule has 0 heterocycles. The highest BCUT2D eigenvalue weighted by Crippen LogP contribution is 2.34. The molecule has 1 aromatic rings. The molecule has 0 aliphatic heterocycles. The number of alkyl halides is 2. The molecule has 0 atom stereocenters. The Labute approximate surface area is 133 Å². The summed E-state index contributed by atoms with van der Waals surface area (Å²) in [7, 11) is 4.18. The maximum atomic E-state index is 13.1. The van der Waals surface area contributed by atoms with Gasteiger partial charge in [-0.2, -0.15) is 0 Å². The van der Waals surface area contributed by atoms with Gasteiger partial charge in [0.2, 0.25) is 0 Å². The number of ether oxygens (including phenoxy) is 3. The summed E-state index contributed by atoms with van der Waals surface area (Å²) in [6.07, 6.45) is 0. The van der Waals surface area contributed by atoms with Gasteiger partial charge in [-0.15, -0.1) is 12.4 Å². The van der Waals surface area contributed by atoms with Gasteiger partial charge >= 0.3 is 0 Å². The summed E-state index contributed by atoms with van der Waals surface area (Å²) in [5, 5.41) is 2.11. The van der Waals surface area contributed by atoms with Crippen molar-refractivity contribution in [3.8, 4) is 17.2 Å². The fraction of sp³-hybridized carbons (Fsp3) is 0.462. The molecule has 22 heavy (non-hydrogen) atoms. The number of halogens is 3. The highest BCUT2D eigenvalue weighted by atomic mass is 35.5. The van der Waals surface area contributed by atoms with E-state index in [1.54, 1.807) is 0 Å². The molecule has 0 radical (unpaired) electrons. The molecule has 6 nitrogen and oxygen atoms in total. The Hall–Kier alpha value is -1.80. The second kappa shape index (κ2) is 8.60. The molecule has 0 saturated carbocycles. The molecule has 0 aliphatic carbocycles. The molecule has 0 bridgehead atoms. The van der Waals surface area contributed by atoms with Crippen molar-refractivity contribution in [3.63, 3.8) is 0 Å². The standard InChI is InChI=1S/C13H18F2N2O4.ClH/c1-19-9-5-11(21-3)10(20-2)4-8(9)12(18)17-7-13(14,15)6-16;/h4-5H,6-7,16H2,1-3H3,(H,17,18);1H. The Balaban J connectivity index is 0.00000441. The minimum Gasteiger partial charge on any atom is -0.496 e. The monoisotopic (exact) mass is 340 g/mol. The summed E-state index contributed by atoms with van der Waals surface area (Å²) in [6, 6.07) is 2.79. The number of amides is 1. The van der Waals surface area contributed by atoms with Gasteiger partial charge in [0.25, 0.3) is 11.8 Å². The van der Waals surface area contributed by atoms with Crippen molar-refractivity contribution in [3.05, 3.63) is 17.7 Å². The number of hydrogen-bond acceptors (Lipinski definition) is 5.